The number of nitrogens with zero attached hydrogens (tertiary/aromatic N) is 3. The Morgan fingerprint density at radius 1 is 1.06 bits per heavy atom. The number of hydrogen-bond acceptors (Lipinski definition) is 5. The Kier molecular flexibility index (Phi) is 7.13. The van der Waals surface area contributed by atoms with E-state index in [1.807, 2.05) is 37.3 Å². The minimum absolute atomic E-state index is 0.00420. The first kappa shape index (κ1) is 23.0. The molecule has 9 heteroatoms. The molecule has 1 aromatic heterocycles. The van der Waals surface area contributed by atoms with Gasteiger partial charge in [-0.2, -0.15) is 5.10 Å². The van der Waals surface area contributed by atoms with Crippen LogP contribution >= 0.6 is 35.0 Å². The number of aromatic nitrogens is 2. The largest absolute Gasteiger partial charge is 0.272 e. The highest BCUT2D eigenvalue weighted by molar-refractivity contribution is 7.99. The molecule has 6 nitrogen and oxygen atoms in total. The Balaban J connectivity index is 1.57. The van der Waals surface area contributed by atoms with Crippen molar-refractivity contribution in [3.63, 3.8) is 0 Å². The van der Waals surface area contributed by atoms with Gasteiger partial charge in [0.15, 0.2) is 5.16 Å². The monoisotopic (exact) mass is 496 g/mol. The molecule has 33 heavy (non-hydrogen) atoms. The van der Waals surface area contributed by atoms with E-state index in [1.165, 1.54) is 10.8 Å². The van der Waals surface area contributed by atoms with E-state index >= 15 is 0 Å². The van der Waals surface area contributed by atoms with Crippen LogP contribution in [0.1, 0.15) is 11.1 Å². The van der Waals surface area contributed by atoms with E-state index in [2.05, 4.69) is 15.5 Å². The first-order valence-corrected chi connectivity index (χ1v) is 11.7. The van der Waals surface area contributed by atoms with E-state index in [-0.39, 0.29) is 17.2 Å². The van der Waals surface area contributed by atoms with Gasteiger partial charge < -0.3 is 0 Å². The molecule has 4 rings (SSSR count). The van der Waals surface area contributed by atoms with Crippen LogP contribution in [0.25, 0.3) is 16.6 Å². The first-order chi connectivity index (χ1) is 15.9. The van der Waals surface area contributed by atoms with Gasteiger partial charge in [0.2, 0.25) is 0 Å². The molecule has 1 amide bonds. The number of para-hydroxylation sites is 1. The third-order valence-corrected chi connectivity index (χ3v) is 6.35. The third kappa shape index (κ3) is 5.27. The predicted octanol–water partition coefficient (Wildman–Crippen LogP) is 5.24. The van der Waals surface area contributed by atoms with Crippen LogP contribution in [0.2, 0.25) is 10.0 Å². The average Bonchev–Trinajstić information content (AvgIpc) is 2.80. The van der Waals surface area contributed by atoms with Crippen molar-refractivity contribution in [3.8, 4) is 5.69 Å². The molecule has 0 saturated heterocycles. The van der Waals surface area contributed by atoms with Gasteiger partial charge in [0.1, 0.15) is 0 Å². The Morgan fingerprint density at radius 3 is 2.48 bits per heavy atom. The fourth-order valence-corrected chi connectivity index (χ4v) is 4.40. The van der Waals surface area contributed by atoms with Crippen molar-refractivity contribution < 1.29 is 4.79 Å². The van der Waals surface area contributed by atoms with Crippen LogP contribution in [0.4, 0.5) is 0 Å². The highest BCUT2D eigenvalue weighted by Gasteiger charge is 2.14. The number of amides is 1. The van der Waals surface area contributed by atoms with Crippen molar-refractivity contribution in [2.75, 3.05) is 5.75 Å². The van der Waals surface area contributed by atoms with Crippen LogP contribution in [-0.4, -0.2) is 27.4 Å². The molecule has 4 aromatic rings. The van der Waals surface area contributed by atoms with Gasteiger partial charge >= 0.3 is 0 Å². The molecule has 0 unspecified atom stereocenters. The van der Waals surface area contributed by atoms with Gasteiger partial charge in [0, 0.05) is 5.56 Å². The zero-order valence-electron chi connectivity index (χ0n) is 17.5. The lowest BCUT2D eigenvalue weighted by atomic mass is 10.2. The Labute approximate surface area is 204 Å². The van der Waals surface area contributed by atoms with Crippen molar-refractivity contribution in [2.45, 2.75) is 12.1 Å². The minimum Gasteiger partial charge on any atom is -0.272 e. The summed E-state index contributed by atoms with van der Waals surface area (Å²) in [6.07, 6.45) is 1.39. The first-order valence-electron chi connectivity index (χ1n) is 9.91. The lowest BCUT2D eigenvalue weighted by Crippen LogP contribution is -2.24. The highest BCUT2D eigenvalue weighted by Crippen LogP contribution is 2.23. The van der Waals surface area contributed by atoms with Crippen LogP contribution in [0.5, 0.6) is 0 Å². The lowest BCUT2D eigenvalue weighted by Gasteiger charge is -2.13. The molecule has 0 atom stereocenters. The van der Waals surface area contributed by atoms with Crippen LogP contribution in [-0.2, 0) is 4.79 Å². The van der Waals surface area contributed by atoms with E-state index in [0.29, 0.717) is 37.4 Å². The molecule has 1 N–H and O–H groups in total. The number of aryl methyl sites for hydroxylation is 1. The summed E-state index contributed by atoms with van der Waals surface area (Å²) >= 11 is 13.4. The predicted molar refractivity (Wildman–Crippen MR) is 135 cm³/mol. The summed E-state index contributed by atoms with van der Waals surface area (Å²) in [6.45, 7) is 1.97. The van der Waals surface area contributed by atoms with E-state index in [0.717, 1.165) is 17.3 Å². The van der Waals surface area contributed by atoms with Crippen molar-refractivity contribution in [2.24, 2.45) is 5.10 Å². The molecule has 1 heterocycles. The number of hydrazone groups is 1. The number of hydrogen-bond donors (Lipinski definition) is 1. The van der Waals surface area contributed by atoms with Crippen molar-refractivity contribution in [1.29, 1.82) is 0 Å². The third-order valence-electron chi connectivity index (χ3n) is 4.75. The molecule has 0 spiro atoms. The molecule has 3 aromatic carbocycles. The Morgan fingerprint density at radius 2 is 1.76 bits per heavy atom. The van der Waals surface area contributed by atoms with Crippen LogP contribution < -0.4 is 11.0 Å². The molecular formula is C24H18Cl2N4O2S. The summed E-state index contributed by atoms with van der Waals surface area (Å²) in [5, 5.41) is 5.71. The molecule has 0 radical (unpaired) electrons. The fourth-order valence-electron chi connectivity index (χ4n) is 3.10. The highest BCUT2D eigenvalue weighted by atomic mass is 35.5. The smallest absolute Gasteiger partial charge is 0.266 e. The lowest BCUT2D eigenvalue weighted by molar-refractivity contribution is -0.118. The number of nitrogens with one attached hydrogen (secondary N) is 1. The number of halogens is 2. The SMILES string of the molecule is Cc1ccc(-n2c(SCC(=O)N/N=C/c3c(Cl)cccc3Cl)nc3ccccc3c2=O)cc1. The van der Waals surface area contributed by atoms with Gasteiger partial charge in [-0.25, -0.2) is 10.4 Å². The number of benzene rings is 3. The van der Waals surface area contributed by atoms with E-state index in [1.54, 1.807) is 36.4 Å². The maximum Gasteiger partial charge on any atom is 0.266 e. The van der Waals surface area contributed by atoms with E-state index < -0.39 is 0 Å². The summed E-state index contributed by atoms with van der Waals surface area (Å²) in [4.78, 5) is 30.3. The van der Waals surface area contributed by atoms with Crippen molar-refractivity contribution in [1.82, 2.24) is 15.0 Å². The summed E-state index contributed by atoms with van der Waals surface area (Å²) in [5.41, 5.74) is 5.09. The molecule has 0 aliphatic carbocycles. The number of carbonyl (C=O) groups excluding carboxylic acids is 1. The molecule has 0 aliphatic heterocycles. The van der Waals surface area contributed by atoms with Crippen molar-refractivity contribution in [3.05, 3.63) is 98.3 Å². The van der Waals surface area contributed by atoms with E-state index in [4.69, 9.17) is 23.2 Å². The van der Waals surface area contributed by atoms with Gasteiger partial charge in [-0.1, -0.05) is 70.9 Å². The van der Waals surface area contributed by atoms with Crippen LogP contribution in [0.15, 0.2) is 81.8 Å². The summed E-state index contributed by atoms with van der Waals surface area (Å²) in [5.74, 6) is -0.359. The molecular weight excluding hydrogens is 479 g/mol. The normalized spacial score (nSPS) is 11.2. The molecule has 0 bridgehead atoms. The maximum atomic E-state index is 13.2. The number of carbonyl (C=O) groups is 1. The maximum absolute atomic E-state index is 13.2. The minimum atomic E-state index is -0.364. The Bertz CT molecular complexity index is 1400. The van der Waals surface area contributed by atoms with Gasteiger partial charge in [0.25, 0.3) is 11.5 Å². The van der Waals surface area contributed by atoms with Crippen molar-refractivity contribution >= 4 is 58.0 Å². The second-order valence-electron chi connectivity index (χ2n) is 7.10. The average molecular weight is 497 g/mol. The summed E-state index contributed by atoms with van der Waals surface area (Å²) < 4.78 is 1.52. The van der Waals surface area contributed by atoms with Crippen LogP contribution in [0.3, 0.4) is 0 Å². The zero-order chi connectivity index (χ0) is 23.4. The van der Waals surface area contributed by atoms with Gasteiger partial charge in [-0.3, -0.25) is 14.2 Å². The standard InChI is InChI=1S/C24H18Cl2N4O2S/c1-15-9-11-16(12-10-15)30-23(32)17-5-2-3-8-21(17)28-24(30)33-14-22(31)29-27-13-18-19(25)6-4-7-20(18)26/h2-13H,14H2,1H3,(H,29,31)/b27-13+. The molecule has 166 valence electrons. The second kappa shape index (κ2) is 10.2. The number of fused-ring (bicyclic) bond motifs is 1. The topological polar surface area (TPSA) is 76.3 Å². The second-order valence-corrected chi connectivity index (χ2v) is 8.86. The molecule has 0 fully saturated rings. The van der Waals surface area contributed by atoms with Crippen LogP contribution in [0, 0.1) is 6.92 Å². The summed E-state index contributed by atoms with van der Waals surface area (Å²) in [7, 11) is 0. The zero-order valence-corrected chi connectivity index (χ0v) is 19.8. The molecule has 0 saturated carbocycles. The van der Waals surface area contributed by atoms with Gasteiger partial charge in [-0.15, -0.1) is 0 Å². The van der Waals surface area contributed by atoms with Gasteiger partial charge in [0.05, 0.1) is 38.6 Å². The number of rotatable bonds is 6. The molecule has 0 aliphatic rings. The van der Waals surface area contributed by atoms with Gasteiger partial charge in [-0.05, 0) is 43.3 Å². The quantitative estimate of drug-likeness (QED) is 0.171. The Hall–Kier alpha value is -3.13. The number of thioether (sulfide) groups is 1. The van der Waals surface area contributed by atoms with E-state index in [9.17, 15) is 9.59 Å². The summed E-state index contributed by atoms with van der Waals surface area (Å²) in [6, 6.07) is 19.8. The fraction of sp³-hybridized carbons (Fsp3) is 0.0833.